The molecular formula is C14H26N4O. The summed E-state index contributed by atoms with van der Waals surface area (Å²) in [6.07, 6.45) is 9.04. The second kappa shape index (κ2) is 6.39. The van der Waals surface area contributed by atoms with Crippen LogP contribution >= 0.6 is 0 Å². The molecule has 1 N–H and O–H groups in total. The SMILES string of the molecule is COCCn1ccnc1NCC1(N(C)C)CCCC1. The van der Waals surface area contributed by atoms with Crippen molar-refractivity contribution < 1.29 is 4.74 Å². The largest absolute Gasteiger partial charge is 0.383 e. The first-order chi connectivity index (χ1) is 9.18. The lowest BCUT2D eigenvalue weighted by atomic mass is 9.96. The van der Waals surface area contributed by atoms with E-state index in [1.54, 1.807) is 7.11 Å². The summed E-state index contributed by atoms with van der Waals surface area (Å²) in [6.45, 7) is 2.52. The van der Waals surface area contributed by atoms with E-state index in [1.165, 1.54) is 25.7 Å². The molecule has 0 aliphatic heterocycles. The van der Waals surface area contributed by atoms with Gasteiger partial charge in [0.15, 0.2) is 0 Å². The predicted octanol–water partition coefficient (Wildman–Crippen LogP) is 1.82. The number of nitrogens with one attached hydrogen (secondary N) is 1. The van der Waals surface area contributed by atoms with E-state index in [0.29, 0.717) is 6.61 Å². The molecule has 1 aromatic heterocycles. The van der Waals surface area contributed by atoms with Crippen LogP contribution in [0.3, 0.4) is 0 Å². The van der Waals surface area contributed by atoms with Crippen LogP contribution < -0.4 is 5.32 Å². The highest BCUT2D eigenvalue weighted by atomic mass is 16.5. The number of nitrogens with zero attached hydrogens (tertiary/aromatic N) is 3. The van der Waals surface area contributed by atoms with E-state index >= 15 is 0 Å². The Balaban J connectivity index is 1.95. The average molecular weight is 266 g/mol. The number of likely N-dealkylation sites (N-methyl/N-ethyl adjacent to an activating group) is 1. The van der Waals surface area contributed by atoms with Crippen LogP contribution in [0.2, 0.25) is 0 Å². The molecular weight excluding hydrogens is 240 g/mol. The van der Waals surface area contributed by atoms with Gasteiger partial charge in [0, 0.05) is 38.1 Å². The molecule has 5 nitrogen and oxygen atoms in total. The highest BCUT2D eigenvalue weighted by Crippen LogP contribution is 2.33. The number of hydrogen-bond acceptors (Lipinski definition) is 4. The molecule has 0 bridgehead atoms. The Hall–Kier alpha value is -1.07. The van der Waals surface area contributed by atoms with Crippen LogP contribution in [0.1, 0.15) is 25.7 Å². The van der Waals surface area contributed by atoms with Crippen molar-refractivity contribution in [3.8, 4) is 0 Å². The molecule has 5 heteroatoms. The van der Waals surface area contributed by atoms with Crippen LogP contribution in [0.4, 0.5) is 5.95 Å². The molecule has 108 valence electrons. The number of imidazole rings is 1. The fourth-order valence-electron chi connectivity index (χ4n) is 2.91. The van der Waals surface area contributed by atoms with Gasteiger partial charge in [-0.2, -0.15) is 0 Å². The van der Waals surface area contributed by atoms with Gasteiger partial charge in [0.1, 0.15) is 0 Å². The van der Waals surface area contributed by atoms with Gasteiger partial charge in [-0.05, 0) is 26.9 Å². The summed E-state index contributed by atoms with van der Waals surface area (Å²) >= 11 is 0. The minimum Gasteiger partial charge on any atom is -0.383 e. The molecule has 0 amide bonds. The summed E-state index contributed by atoms with van der Waals surface area (Å²) in [4.78, 5) is 6.77. The predicted molar refractivity (Wildman–Crippen MR) is 77.5 cm³/mol. The smallest absolute Gasteiger partial charge is 0.202 e. The lowest BCUT2D eigenvalue weighted by molar-refractivity contribution is 0.171. The molecule has 19 heavy (non-hydrogen) atoms. The third-order valence-corrected chi connectivity index (χ3v) is 4.31. The van der Waals surface area contributed by atoms with E-state index < -0.39 is 0 Å². The maximum Gasteiger partial charge on any atom is 0.202 e. The van der Waals surface area contributed by atoms with Crippen molar-refractivity contribution in [2.45, 2.75) is 37.8 Å². The van der Waals surface area contributed by atoms with E-state index in [4.69, 9.17) is 4.74 Å². The summed E-state index contributed by atoms with van der Waals surface area (Å²) in [6, 6.07) is 0. The molecule has 0 radical (unpaired) electrons. The lowest BCUT2D eigenvalue weighted by Crippen LogP contribution is -2.47. The van der Waals surface area contributed by atoms with Crippen LogP contribution in [-0.4, -0.2) is 54.3 Å². The highest BCUT2D eigenvalue weighted by Gasteiger charge is 2.35. The minimum absolute atomic E-state index is 0.290. The zero-order chi connectivity index (χ0) is 13.7. The second-order valence-corrected chi connectivity index (χ2v) is 5.62. The van der Waals surface area contributed by atoms with Gasteiger partial charge in [-0.1, -0.05) is 12.8 Å². The molecule has 1 saturated carbocycles. The van der Waals surface area contributed by atoms with Crippen molar-refractivity contribution in [1.29, 1.82) is 0 Å². The van der Waals surface area contributed by atoms with Gasteiger partial charge >= 0.3 is 0 Å². The Morgan fingerprint density at radius 2 is 2.16 bits per heavy atom. The maximum atomic E-state index is 5.12. The zero-order valence-electron chi connectivity index (χ0n) is 12.4. The van der Waals surface area contributed by atoms with Crippen LogP contribution in [0.5, 0.6) is 0 Å². The molecule has 0 saturated heterocycles. The Labute approximate surface area is 116 Å². The van der Waals surface area contributed by atoms with Gasteiger partial charge in [0.2, 0.25) is 5.95 Å². The third kappa shape index (κ3) is 3.28. The zero-order valence-corrected chi connectivity index (χ0v) is 12.4. The quantitative estimate of drug-likeness (QED) is 0.817. The summed E-state index contributed by atoms with van der Waals surface area (Å²) in [5, 5.41) is 3.52. The van der Waals surface area contributed by atoms with Crippen LogP contribution in [0.25, 0.3) is 0 Å². The highest BCUT2D eigenvalue weighted by molar-refractivity contribution is 5.27. The van der Waals surface area contributed by atoms with E-state index in [0.717, 1.165) is 19.0 Å². The van der Waals surface area contributed by atoms with Crippen LogP contribution in [0.15, 0.2) is 12.4 Å². The maximum absolute atomic E-state index is 5.12. The first-order valence-corrected chi connectivity index (χ1v) is 7.09. The third-order valence-electron chi connectivity index (χ3n) is 4.31. The fraction of sp³-hybridized carbons (Fsp3) is 0.786. The topological polar surface area (TPSA) is 42.3 Å². The van der Waals surface area contributed by atoms with Gasteiger partial charge in [-0.25, -0.2) is 4.98 Å². The van der Waals surface area contributed by atoms with Crippen molar-refractivity contribution >= 4 is 5.95 Å². The van der Waals surface area contributed by atoms with E-state index in [2.05, 4.69) is 33.9 Å². The number of hydrogen-bond donors (Lipinski definition) is 1. The molecule has 1 aliphatic carbocycles. The Bertz CT molecular complexity index is 383. The molecule has 0 atom stereocenters. The van der Waals surface area contributed by atoms with Gasteiger partial charge < -0.3 is 19.5 Å². The lowest BCUT2D eigenvalue weighted by Gasteiger charge is -2.36. The van der Waals surface area contributed by atoms with Gasteiger partial charge in [-0.15, -0.1) is 0 Å². The first kappa shape index (κ1) is 14.3. The molecule has 1 heterocycles. The van der Waals surface area contributed by atoms with Crippen molar-refractivity contribution in [3.63, 3.8) is 0 Å². The molecule has 1 fully saturated rings. The summed E-state index contributed by atoms with van der Waals surface area (Å²) < 4.78 is 7.23. The van der Waals surface area contributed by atoms with E-state index in [9.17, 15) is 0 Å². The molecule has 0 aromatic carbocycles. The number of aromatic nitrogens is 2. The summed E-state index contributed by atoms with van der Waals surface area (Å²) in [5.41, 5.74) is 0.290. The number of rotatable bonds is 7. The second-order valence-electron chi connectivity index (χ2n) is 5.62. The van der Waals surface area contributed by atoms with Gasteiger partial charge in [-0.3, -0.25) is 0 Å². The van der Waals surface area contributed by atoms with Crippen molar-refractivity contribution in [2.24, 2.45) is 0 Å². The standard InChI is InChI=1S/C14H26N4O/c1-17(2)14(6-4-5-7-14)12-16-13-15-8-9-18(13)10-11-19-3/h8-9H,4-7,10-12H2,1-3H3,(H,15,16). The molecule has 1 aromatic rings. The van der Waals surface area contributed by atoms with Crippen molar-refractivity contribution in [3.05, 3.63) is 12.4 Å². The van der Waals surface area contributed by atoms with Crippen molar-refractivity contribution in [2.75, 3.05) is 39.7 Å². The summed E-state index contributed by atoms with van der Waals surface area (Å²) in [7, 11) is 6.10. The van der Waals surface area contributed by atoms with E-state index in [-0.39, 0.29) is 5.54 Å². The first-order valence-electron chi connectivity index (χ1n) is 7.09. The Morgan fingerprint density at radius 1 is 1.42 bits per heavy atom. The number of methoxy groups -OCH3 is 1. The molecule has 1 aliphatic rings. The fourth-order valence-corrected chi connectivity index (χ4v) is 2.91. The van der Waals surface area contributed by atoms with Crippen LogP contribution in [-0.2, 0) is 11.3 Å². The van der Waals surface area contributed by atoms with Gasteiger partial charge in [0.05, 0.1) is 6.61 Å². The molecule has 0 spiro atoms. The number of anilines is 1. The minimum atomic E-state index is 0.290. The average Bonchev–Trinajstić information content (AvgIpc) is 3.03. The summed E-state index contributed by atoms with van der Waals surface area (Å²) in [5.74, 6) is 0.949. The van der Waals surface area contributed by atoms with E-state index in [1.807, 2.05) is 12.4 Å². The normalized spacial score (nSPS) is 18.1. The van der Waals surface area contributed by atoms with Gasteiger partial charge in [0.25, 0.3) is 0 Å². The Kier molecular flexibility index (Phi) is 4.82. The monoisotopic (exact) mass is 266 g/mol. The van der Waals surface area contributed by atoms with Crippen LogP contribution in [0, 0.1) is 0 Å². The molecule has 2 rings (SSSR count). The van der Waals surface area contributed by atoms with Crippen molar-refractivity contribution in [1.82, 2.24) is 14.5 Å². The Morgan fingerprint density at radius 3 is 2.79 bits per heavy atom. The molecule has 0 unspecified atom stereocenters. The number of ether oxygens (including phenoxy) is 1.